The predicted molar refractivity (Wildman–Crippen MR) is 86.2 cm³/mol. The van der Waals surface area contributed by atoms with E-state index in [1.54, 1.807) is 24.7 Å². The van der Waals surface area contributed by atoms with Gasteiger partial charge in [0.05, 0.1) is 11.6 Å². The number of carbonyl (C=O) groups is 1. The lowest BCUT2D eigenvalue weighted by Gasteiger charge is -2.15. The van der Waals surface area contributed by atoms with Crippen LogP contribution in [0.1, 0.15) is 35.8 Å². The SMILES string of the molecule is CCNc1ncc(Br)cc1C(=O)NC(C)c1cccnc1. The summed E-state index contributed by atoms with van der Waals surface area (Å²) in [5.41, 5.74) is 1.47. The normalized spacial score (nSPS) is 11.8. The second-order valence-electron chi connectivity index (χ2n) is 4.56. The number of nitrogens with one attached hydrogen (secondary N) is 2. The molecule has 2 rings (SSSR count). The van der Waals surface area contributed by atoms with Crippen LogP contribution in [0.25, 0.3) is 0 Å². The highest BCUT2D eigenvalue weighted by Gasteiger charge is 2.16. The number of carbonyl (C=O) groups excluding carboxylic acids is 1. The van der Waals surface area contributed by atoms with Gasteiger partial charge in [-0.05, 0) is 47.5 Å². The molecule has 1 unspecified atom stereocenters. The summed E-state index contributed by atoms with van der Waals surface area (Å²) in [4.78, 5) is 20.7. The van der Waals surface area contributed by atoms with E-state index in [1.165, 1.54) is 0 Å². The molecule has 0 bridgehead atoms. The molecule has 0 aromatic carbocycles. The minimum absolute atomic E-state index is 0.125. The van der Waals surface area contributed by atoms with E-state index in [0.29, 0.717) is 17.9 Å². The average molecular weight is 349 g/mol. The third-order valence-corrected chi connectivity index (χ3v) is 3.41. The van der Waals surface area contributed by atoms with E-state index < -0.39 is 0 Å². The molecule has 2 N–H and O–H groups in total. The van der Waals surface area contributed by atoms with Gasteiger partial charge >= 0.3 is 0 Å². The highest BCUT2D eigenvalue weighted by Crippen LogP contribution is 2.19. The first-order chi connectivity index (χ1) is 10.1. The van der Waals surface area contributed by atoms with Crippen LogP contribution in [0.2, 0.25) is 0 Å². The Bertz CT molecular complexity index is 618. The molecular weight excluding hydrogens is 332 g/mol. The summed E-state index contributed by atoms with van der Waals surface area (Å²) >= 11 is 3.35. The van der Waals surface area contributed by atoms with E-state index in [0.717, 1.165) is 10.0 Å². The molecule has 2 aromatic heterocycles. The summed E-state index contributed by atoms with van der Waals surface area (Å²) in [5.74, 6) is 0.410. The van der Waals surface area contributed by atoms with Crippen molar-refractivity contribution < 1.29 is 4.79 Å². The van der Waals surface area contributed by atoms with Gasteiger partial charge < -0.3 is 10.6 Å². The number of hydrogen-bond acceptors (Lipinski definition) is 4. The fraction of sp³-hybridized carbons (Fsp3) is 0.267. The van der Waals surface area contributed by atoms with Crippen LogP contribution < -0.4 is 10.6 Å². The second-order valence-corrected chi connectivity index (χ2v) is 5.48. The third kappa shape index (κ3) is 4.01. The molecule has 6 heteroatoms. The number of halogens is 1. The highest BCUT2D eigenvalue weighted by atomic mass is 79.9. The zero-order valence-corrected chi connectivity index (χ0v) is 13.5. The van der Waals surface area contributed by atoms with Crippen molar-refractivity contribution in [3.8, 4) is 0 Å². The van der Waals surface area contributed by atoms with E-state index in [2.05, 4.69) is 36.5 Å². The molecule has 0 aliphatic carbocycles. The molecule has 21 heavy (non-hydrogen) atoms. The number of hydrogen-bond donors (Lipinski definition) is 2. The number of nitrogens with zero attached hydrogens (tertiary/aromatic N) is 2. The molecular formula is C15H17BrN4O. The Labute approximate surface area is 132 Å². The largest absolute Gasteiger partial charge is 0.370 e. The Morgan fingerprint density at radius 1 is 1.43 bits per heavy atom. The molecule has 0 saturated heterocycles. The van der Waals surface area contributed by atoms with Crippen molar-refractivity contribution in [3.05, 3.63) is 52.4 Å². The highest BCUT2D eigenvalue weighted by molar-refractivity contribution is 9.10. The Hall–Kier alpha value is -1.95. The Kier molecular flexibility index (Phi) is 5.27. The number of amides is 1. The summed E-state index contributed by atoms with van der Waals surface area (Å²) in [6.07, 6.45) is 5.12. The maximum absolute atomic E-state index is 12.4. The lowest BCUT2D eigenvalue weighted by atomic mass is 10.1. The summed E-state index contributed by atoms with van der Waals surface area (Å²) in [6.45, 7) is 4.59. The van der Waals surface area contributed by atoms with E-state index in [-0.39, 0.29) is 11.9 Å². The molecule has 0 aliphatic rings. The smallest absolute Gasteiger partial charge is 0.255 e. The van der Waals surface area contributed by atoms with Crippen molar-refractivity contribution in [2.45, 2.75) is 19.9 Å². The summed E-state index contributed by atoms with van der Waals surface area (Å²) < 4.78 is 0.767. The van der Waals surface area contributed by atoms with Crippen LogP contribution in [0.15, 0.2) is 41.3 Å². The Morgan fingerprint density at radius 2 is 2.24 bits per heavy atom. The fourth-order valence-electron chi connectivity index (χ4n) is 1.91. The molecule has 5 nitrogen and oxygen atoms in total. The summed E-state index contributed by atoms with van der Waals surface area (Å²) in [7, 11) is 0. The number of aromatic nitrogens is 2. The predicted octanol–water partition coefficient (Wildman–Crippen LogP) is 3.16. The van der Waals surface area contributed by atoms with Crippen LogP contribution in [-0.4, -0.2) is 22.4 Å². The van der Waals surface area contributed by atoms with Crippen LogP contribution in [-0.2, 0) is 0 Å². The van der Waals surface area contributed by atoms with Crippen molar-refractivity contribution in [1.29, 1.82) is 0 Å². The van der Waals surface area contributed by atoms with Gasteiger partial charge in [-0.15, -0.1) is 0 Å². The van der Waals surface area contributed by atoms with Crippen LogP contribution in [0.3, 0.4) is 0 Å². The van der Waals surface area contributed by atoms with Crippen LogP contribution >= 0.6 is 15.9 Å². The van der Waals surface area contributed by atoms with Crippen molar-refractivity contribution in [3.63, 3.8) is 0 Å². The first-order valence-corrected chi connectivity index (χ1v) is 7.51. The first kappa shape index (κ1) is 15.4. The number of anilines is 1. The average Bonchev–Trinajstić information content (AvgIpc) is 2.50. The van der Waals surface area contributed by atoms with E-state index in [4.69, 9.17) is 0 Å². The quantitative estimate of drug-likeness (QED) is 0.870. The van der Waals surface area contributed by atoms with Gasteiger partial charge in [-0.25, -0.2) is 4.98 Å². The molecule has 0 aliphatic heterocycles. The van der Waals surface area contributed by atoms with Crippen LogP contribution in [0.4, 0.5) is 5.82 Å². The molecule has 1 amide bonds. The molecule has 2 aromatic rings. The minimum atomic E-state index is -0.170. The van der Waals surface area contributed by atoms with Crippen molar-refractivity contribution in [2.75, 3.05) is 11.9 Å². The minimum Gasteiger partial charge on any atom is -0.370 e. The van der Waals surface area contributed by atoms with Gasteiger partial charge in [0, 0.05) is 29.6 Å². The molecule has 0 fully saturated rings. The fourth-order valence-corrected chi connectivity index (χ4v) is 2.24. The molecule has 0 saturated carbocycles. The standard InChI is InChI=1S/C15H17BrN4O/c1-3-18-14-13(7-12(16)9-19-14)15(21)20-10(2)11-5-4-6-17-8-11/h4-10H,3H2,1-2H3,(H,18,19)(H,20,21). The molecule has 2 heterocycles. The Morgan fingerprint density at radius 3 is 2.90 bits per heavy atom. The lowest BCUT2D eigenvalue weighted by molar-refractivity contribution is 0.0940. The number of rotatable bonds is 5. The van der Waals surface area contributed by atoms with Gasteiger partial charge in [0.1, 0.15) is 5.82 Å². The molecule has 0 radical (unpaired) electrons. The van der Waals surface area contributed by atoms with Crippen LogP contribution in [0, 0.1) is 0 Å². The van der Waals surface area contributed by atoms with Gasteiger partial charge in [-0.1, -0.05) is 6.07 Å². The topological polar surface area (TPSA) is 66.9 Å². The summed E-state index contributed by atoms with van der Waals surface area (Å²) in [6, 6.07) is 5.42. The van der Waals surface area contributed by atoms with Gasteiger partial charge in [-0.2, -0.15) is 0 Å². The molecule has 110 valence electrons. The van der Waals surface area contributed by atoms with Crippen molar-refractivity contribution in [1.82, 2.24) is 15.3 Å². The van der Waals surface area contributed by atoms with Crippen LogP contribution in [0.5, 0.6) is 0 Å². The van der Waals surface area contributed by atoms with Crippen molar-refractivity contribution in [2.24, 2.45) is 0 Å². The maximum Gasteiger partial charge on any atom is 0.255 e. The molecule has 1 atom stereocenters. The third-order valence-electron chi connectivity index (χ3n) is 2.98. The Balaban J connectivity index is 2.18. The van der Waals surface area contributed by atoms with Gasteiger partial charge in [0.15, 0.2) is 0 Å². The van der Waals surface area contributed by atoms with Gasteiger partial charge in [0.25, 0.3) is 5.91 Å². The maximum atomic E-state index is 12.4. The molecule has 0 spiro atoms. The van der Waals surface area contributed by atoms with Gasteiger partial charge in [-0.3, -0.25) is 9.78 Å². The number of pyridine rings is 2. The first-order valence-electron chi connectivity index (χ1n) is 6.72. The zero-order valence-electron chi connectivity index (χ0n) is 11.9. The lowest BCUT2D eigenvalue weighted by Crippen LogP contribution is -2.27. The van der Waals surface area contributed by atoms with E-state index in [9.17, 15) is 4.79 Å². The van der Waals surface area contributed by atoms with E-state index >= 15 is 0 Å². The van der Waals surface area contributed by atoms with E-state index in [1.807, 2.05) is 26.0 Å². The van der Waals surface area contributed by atoms with Gasteiger partial charge in [0.2, 0.25) is 0 Å². The monoisotopic (exact) mass is 348 g/mol. The van der Waals surface area contributed by atoms with Crippen molar-refractivity contribution >= 4 is 27.7 Å². The zero-order chi connectivity index (χ0) is 15.2. The second kappa shape index (κ2) is 7.17. The summed E-state index contributed by atoms with van der Waals surface area (Å²) in [5, 5.41) is 6.05.